The van der Waals surface area contributed by atoms with Crippen LogP contribution < -0.4 is 10.6 Å². The highest BCUT2D eigenvalue weighted by molar-refractivity contribution is 14.0. The van der Waals surface area contributed by atoms with Crippen molar-refractivity contribution in [2.24, 2.45) is 10.9 Å². The van der Waals surface area contributed by atoms with Gasteiger partial charge in [0, 0.05) is 31.5 Å². The number of nitrogens with zero attached hydrogens (tertiary/aromatic N) is 1. The molecule has 3 fully saturated rings. The minimum Gasteiger partial charge on any atom is -0.354 e. The monoisotopic (exact) mass is 501 g/mol. The third-order valence-electron chi connectivity index (χ3n) is 5.42. The number of guanidine groups is 1. The Morgan fingerprint density at radius 2 is 2.04 bits per heavy atom. The number of ether oxygens (including phenoxy) is 2. The van der Waals surface area contributed by atoms with Crippen molar-refractivity contribution < 1.29 is 17.9 Å². The van der Waals surface area contributed by atoms with E-state index < -0.39 is 15.6 Å². The molecule has 9 heteroatoms. The summed E-state index contributed by atoms with van der Waals surface area (Å²) in [6.07, 6.45) is 4.43. The van der Waals surface area contributed by atoms with Crippen molar-refractivity contribution in [3.05, 3.63) is 0 Å². The first-order valence-corrected chi connectivity index (χ1v) is 11.3. The van der Waals surface area contributed by atoms with E-state index >= 15 is 0 Å². The second-order valence-corrected chi connectivity index (χ2v) is 9.83. The van der Waals surface area contributed by atoms with E-state index in [0.29, 0.717) is 31.6 Å². The normalized spacial score (nSPS) is 30.9. The lowest BCUT2D eigenvalue weighted by atomic mass is 10.1. The summed E-state index contributed by atoms with van der Waals surface area (Å²) >= 11 is 0. The molecule has 26 heavy (non-hydrogen) atoms. The number of hydrogen-bond acceptors (Lipinski definition) is 5. The van der Waals surface area contributed by atoms with Crippen molar-refractivity contribution in [2.75, 3.05) is 31.3 Å². The van der Waals surface area contributed by atoms with Crippen LogP contribution in [0.2, 0.25) is 0 Å². The topological polar surface area (TPSA) is 89.0 Å². The van der Waals surface area contributed by atoms with Crippen LogP contribution >= 0.6 is 24.0 Å². The van der Waals surface area contributed by atoms with Crippen LogP contribution in [0.4, 0.5) is 0 Å². The highest BCUT2D eigenvalue weighted by Crippen LogP contribution is 2.37. The largest absolute Gasteiger partial charge is 0.354 e. The van der Waals surface area contributed by atoms with Crippen molar-refractivity contribution in [3.8, 4) is 0 Å². The molecule has 7 nitrogen and oxygen atoms in total. The molecule has 0 aromatic heterocycles. The van der Waals surface area contributed by atoms with Gasteiger partial charge in [-0.1, -0.05) is 6.92 Å². The van der Waals surface area contributed by atoms with Crippen molar-refractivity contribution in [2.45, 2.75) is 63.8 Å². The van der Waals surface area contributed by atoms with Gasteiger partial charge in [-0.2, -0.15) is 0 Å². The summed E-state index contributed by atoms with van der Waals surface area (Å²) in [4.78, 5) is 4.69. The Labute approximate surface area is 174 Å². The molecule has 3 unspecified atom stereocenters. The number of halogens is 1. The Balaban J connectivity index is 0.00000243. The van der Waals surface area contributed by atoms with E-state index in [1.807, 2.05) is 0 Å². The molecule has 0 aromatic carbocycles. The Morgan fingerprint density at radius 3 is 2.65 bits per heavy atom. The first kappa shape index (κ1) is 22.2. The summed E-state index contributed by atoms with van der Waals surface area (Å²) in [6.45, 7) is 6.15. The maximum atomic E-state index is 11.6. The molecule has 1 saturated carbocycles. The molecule has 2 heterocycles. The third kappa shape index (κ3) is 5.93. The van der Waals surface area contributed by atoms with E-state index in [9.17, 15) is 8.42 Å². The Hall–Kier alpha value is -0.130. The van der Waals surface area contributed by atoms with E-state index in [1.165, 1.54) is 0 Å². The predicted molar refractivity (Wildman–Crippen MR) is 113 cm³/mol. The summed E-state index contributed by atoms with van der Waals surface area (Å²) < 4.78 is 34.8. The molecule has 152 valence electrons. The van der Waals surface area contributed by atoms with Gasteiger partial charge in [0.2, 0.25) is 0 Å². The van der Waals surface area contributed by atoms with E-state index in [-0.39, 0.29) is 41.7 Å². The number of hydrogen-bond donors (Lipinski definition) is 2. The number of sulfone groups is 1. The zero-order valence-electron chi connectivity index (χ0n) is 15.7. The van der Waals surface area contributed by atoms with Crippen LogP contribution in [0.15, 0.2) is 4.99 Å². The maximum Gasteiger partial charge on any atom is 0.191 e. The minimum atomic E-state index is -2.85. The van der Waals surface area contributed by atoms with Crippen molar-refractivity contribution in [3.63, 3.8) is 0 Å². The van der Waals surface area contributed by atoms with E-state index in [4.69, 9.17) is 9.47 Å². The second-order valence-electron chi connectivity index (χ2n) is 7.60. The lowest BCUT2D eigenvalue weighted by molar-refractivity contribution is -0.151. The molecule has 0 aromatic rings. The van der Waals surface area contributed by atoms with Gasteiger partial charge >= 0.3 is 0 Å². The average molecular weight is 501 g/mol. The molecule has 1 spiro atoms. The van der Waals surface area contributed by atoms with Gasteiger partial charge in [-0.3, -0.25) is 4.99 Å². The fourth-order valence-corrected chi connectivity index (χ4v) is 5.60. The number of nitrogens with one attached hydrogen (secondary N) is 2. The van der Waals surface area contributed by atoms with E-state index in [1.54, 1.807) is 0 Å². The van der Waals surface area contributed by atoms with Crippen molar-refractivity contribution in [1.29, 1.82) is 0 Å². The van der Waals surface area contributed by atoms with Crippen LogP contribution in [0, 0.1) is 5.92 Å². The van der Waals surface area contributed by atoms with Gasteiger partial charge in [0.1, 0.15) is 0 Å². The molecule has 2 saturated heterocycles. The molecule has 0 amide bonds. The van der Waals surface area contributed by atoms with Gasteiger partial charge in [-0.15, -0.1) is 24.0 Å². The van der Waals surface area contributed by atoms with Gasteiger partial charge in [0.15, 0.2) is 21.6 Å². The molecule has 0 radical (unpaired) electrons. The third-order valence-corrected chi connectivity index (χ3v) is 7.25. The zero-order chi connectivity index (χ0) is 17.9. The zero-order valence-corrected chi connectivity index (χ0v) is 18.8. The highest BCUT2D eigenvalue weighted by Gasteiger charge is 2.44. The smallest absolute Gasteiger partial charge is 0.191 e. The Bertz CT molecular complexity index is 593. The summed E-state index contributed by atoms with van der Waals surface area (Å²) in [5, 5.41) is 6.93. The Morgan fingerprint density at radius 1 is 1.31 bits per heavy atom. The minimum absolute atomic E-state index is 0. The highest BCUT2D eigenvalue weighted by atomic mass is 127. The fraction of sp³-hybridized carbons (Fsp3) is 0.941. The van der Waals surface area contributed by atoms with Crippen LogP contribution in [0.25, 0.3) is 0 Å². The summed E-state index contributed by atoms with van der Waals surface area (Å²) in [7, 11) is -2.85. The summed E-state index contributed by atoms with van der Waals surface area (Å²) in [5.41, 5.74) is 0. The Kier molecular flexibility index (Phi) is 7.99. The number of rotatable bonds is 5. The van der Waals surface area contributed by atoms with Crippen LogP contribution in [-0.2, 0) is 19.3 Å². The van der Waals surface area contributed by atoms with Gasteiger partial charge in [-0.05, 0) is 32.1 Å². The van der Waals surface area contributed by atoms with Crippen LogP contribution in [-0.4, -0.2) is 63.5 Å². The molecule has 3 aliphatic rings. The molecule has 3 rings (SSSR count). The molecular formula is C17H32IN3O4S. The summed E-state index contributed by atoms with van der Waals surface area (Å²) in [6, 6.07) is 0.577. The summed E-state index contributed by atoms with van der Waals surface area (Å²) in [5.74, 6) is 1.07. The molecular weight excluding hydrogens is 469 g/mol. The van der Waals surface area contributed by atoms with Gasteiger partial charge in [0.05, 0.1) is 24.7 Å². The SMILES string of the molecule is CCC(C)NC(=NCC1CCS(=O)(=O)C1)NC1CCC2(C1)OCCO2.I. The first-order valence-electron chi connectivity index (χ1n) is 9.45. The molecule has 1 aliphatic carbocycles. The maximum absolute atomic E-state index is 11.6. The fourth-order valence-electron chi connectivity index (χ4n) is 3.75. The average Bonchev–Trinajstić information content (AvgIpc) is 3.27. The molecule has 3 atom stereocenters. The van der Waals surface area contributed by atoms with Crippen LogP contribution in [0.5, 0.6) is 0 Å². The predicted octanol–water partition coefficient (Wildman–Crippen LogP) is 1.67. The lowest BCUT2D eigenvalue weighted by Crippen LogP contribution is -2.46. The second kappa shape index (κ2) is 9.38. The van der Waals surface area contributed by atoms with Gasteiger partial charge < -0.3 is 20.1 Å². The first-order chi connectivity index (χ1) is 11.9. The molecule has 0 bridgehead atoms. The molecule has 2 aliphatic heterocycles. The number of aliphatic imine (C=N–C) groups is 1. The standard InChI is InChI=1S/C17H31N3O4S.HI/c1-3-13(2)19-16(18-11-14-5-9-25(21,22)12-14)20-15-4-6-17(10-15)23-7-8-24-17;/h13-15H,3-12H2,1-2H3,(H2,18,19,20);1H. The quantitative estimate of drug-likeness (QED) is 0.339. The van der Waals surface area contributed by atoms with Crippen LogP contribution in [0.1, 0.15) is 46.0 Å². The van der Waals surface area contributed by atoms with Crippen molar-refractivity contribution in [1.82, 2.24) is 10.6 Å². The molecule has 2 N–H and O–H groups in total. The van der Waals surface area contributed by atoms with E-state index in [0.717, 1.165) is 38.1 Å². The van der Waals surface area contributed by atoms with Gasteiger partial charge in [-0.25, -0.2) is 8.42 Å². The lowest BCUT2D eigenvalue weighted by Gasteiger charge is -2.24. The van der Waals surface area contributed by atoms with Crippen molar-refractivity contribution >= 4 is 39.8 Å². The van der Waals surface area contributed by atoms with Gasteiger partial charge in [0.25, 0.3) is 0 Å². The van der Waals surface area contributed by atoms with Crippen LogP contribution in [0.3, 0.4) is 0 Å². The van der Waals surface area contributed by atoms with E-state index in [2.05, 4.69) is 29.5 Å².